The van der Waals surface area contributed by atoms with Crippen LogP contribution in [0.3, 0.4) is 0 Å². The van der Waals surface area contributed by atoms with Gasteiger partial charge in [-0.3, -0.25) is 19.4 Å². The molecule has 10 nitrogen and oxygen atoms in total. The van der Waals surface area contributed by atoms with E-state index < -0.39 is 9.84 Å². The van der Waals surface area contributed by atoms with E-state index in [2.05, 4.69) is 21.9 Å². The summed E-state index contributed by atoms with van der Waals surface area (Å²) in [5.74, 6) is 0.511. The average molecular weight is 627 g/mol. The number of carbonyl (C=O) groups excluding carboxylic acids is 1. The van der Waals surface area contributed by atoms with Gasteiger partial charge in [0.1, 0.15) is 11.4 Å². The Hall–Kier alpha value is -5.03. The van der Waals surface area contributed by atoms with Crippen LogP contribution in [0.2, 0.25) is 0 Å². The van der Waals surface area contributed by atoms with E-state index in [-0.39, 0.29) is 30.9 Å². The zero-order valence-corrected chi connectivity index (χ0v) is 25.4. The summed E-state index contributed by atoms with van der Waals surface area (Å²) >= 11 is 0. The van der Waals surface area contributed by atoms with Crippen LogP contribution >= 0.6 is 0 Å². The van der Waals surface area contributed by atoms with Crippen LogP contribution in [0.5, 0.6) is 0 Å². The predicted octanol–water partition coefficient (Wildman–Crippen LogP) is 6.23. The largest absolute Gasteiger partial charge is 0.463 e. The second kappa shape index (κ2) is 14.2. The summed E-state index contributed by atoms with van der Waals surface area (Å²) in [5.41, 5.74) is 11.4. The first-order valence-corrected chi connectivity index (χ1v) is 15.9. The number of carbonyl (C=O) groups is 1. The Morgan fingerprint density at radius 2 is 1.89 bits per heavy atom. The summed E-state index contributed by atoms with van der Waals surface area (Å²) in [7, 11) is -3.16. The van der Waals surface area contributed by atoms with Crippen molar-refractivity contribution in [3.8, 4) is 22.8 Å². The molecule has 1 aliphatic rings. The maximum absolute atomic E-state index is 13.1. The first kappa shape index (κ1) is 32.9. The average Bonchev–Trinajstić information content (AvgIpc) is 3.72. The van der Waals surface area contributed by atoms with Crippen LogP contribution in [-0.2, 0) is 16.3 Å². The number of nitrogens with two attached hydrogens (primary N) is 1. The molecular formula is C34H38N6O4S. The number of aryl methyl sites for hydroxylation is 1. The standard InChI is InChI=1S/C30H27N5O4S.C3H7N.CH4/c1-20-16-23(10-13-31-20)33-30(36)22-7-4-6-21(17-22)18-25-28(26-8-2-3-12-32-26)34-35(24-11-15-40(37,38)19-24)29(25)27-9-5-14-39-27;1-3(2)4;/h2-10,12-14,16-17,24H,11,15,18-19H2,1H3,(H,31,33,36);1,4H2,2H3;1H4. The van der Waals surface area contributed by atoms with Crippen molar-refractivity contribution in [3.05, 3.63) is 120 Å². The number of hydrogen-bond donors (Lipinski definition) is 2. The highest BCUT2D eigenvalue weighted by Crippen LogP contribution is 2.38. The van der Waals surface area contributed by atoms with Gasteiger partial charge >= 0.3 is 0 Å². The van der Waals surface area contributed by atoms with Gasteiger partial charge in [0.15, 0.2) is 15.6 Å². The lowest BCUT2D eigenvalue weighted by Gasteiger charge is -2.13. The smallest absolute Gasteiger partial charge is 0.255 e. The topological polar surface area (TPSA) is 146 Å². The van der Waals surface area contributed by atoms with Crippen molar-refractivity contribution in [1.82, 2.24) is 19.7 Å². The van der Waals surface area contributed by atoms with Crippen LogP contribution in [0.4, 0.5) is 5.69 Å². The van der Waals surface area contributed by atoms with Crippen LogP contribution < -0.4 is 11.1 Å². The first-order chi connectivity index (χ1) is 21.1. The molecule has 1 amide bonds. The number of allylic oxidation sites excluding steroid dienone is 1. The van der Waals surface area contributed by atoms with Crippen molar-refractivity contribution in [2.45, 2.75) is 40.2 Å². The molecule has 1 fully saturated rings. The highest BCUT2D eigenvalue weighted by molar-refractivity contribution is 7.91. The molecule has 1 aromatic carbocycles. The quantitative estimate of drug-likeness (QED) is 0.216. The SMILES string of the molecule is C.C=C(C)N.Cc1cc(NC(=O)c2cccc(Cc3c(-c4ccccn4)nn(C4CCS(=O)(=O)C4)c3-c3ccco3)c2)ccn1. The van der Waals surface area contributed by atoms with Gasteiger partial charge in [-0.15, -0.1) is 0 Å². The third-order valence-corrected chi connectivity index (χ3v) is 8.70. The van der Waals surface area contributed by atoms with Crippen LogP contribution in [0.25, 0.3) is 22.8 Å². The van der Waals surface area contributed by atoms with E-state index in [9.17, 15) is 13.2 Å². The summed E-state index contributed by atoms with van der Waals surface area (Å²) in [6.45, 7) is 6.95. The number of nitrogens with one attached hydrogen (secondary N) is 1. The van der Waals surface area contributed by atoms with Crippen molar-refractivity contribution in [3.63, 3.8) is 0 Å². The molecule has 3 N–H and O–H groups in total. The van der Waals surface area contributed by atoms with Crippen molar-refractivity contribution < 1.29 is 17.6 Å². The zero-order valence-electron chi connectivity index (χ0n) is 24.6. The van der Waals surface area contributed by atoms with E-state index in [0.29, 0.717) is 46.9 Å². The molecule has 0 aliphatic carbocycles. The maximum atomic E-state index is 13.1. The number of sulfone groups is 1. The number of rotatable bonds is 7. The van der Waals surface area contributed by atoms with Gasteiger partial charge in [-0.05, 0) is 80.1 Å². The molecule has 1 saturated heterocycles. The van der Waals surface area contributed by atoms with Gasteiger partial charge < -0.3 is 15.5 Å². The fourth-order valence-corrected chi connectivity index (χ4v) is 6.80. The van der Waals surface area contributed by atoms with Crippen molar-refractivity contribution in [1.29, 1.82) is 0 Å². The van der Waals surface area contributed by atoms with Crippen LogP contribution in [0.15, 0.2) is 102 Å². The molecule has 1 unspecified atom stereocenters. The molecule has 45 heavy (non-hydrogen) atoms. The predicted molar refractivity (Wildman–Crippen MR) is 177 cm³/mol. The van der Waals surface area contributed by atoms with E-state index in [0.717, 1.165) is 22.5 Å². The van der Waals surface area contributed by atoms with Gasteiger partial charge in [-0.25, -0.2) is 8.42 Å². The molecule has 1 atom stereocenters. The van der Waals surface area contributed by atoms with Crippen molar-refractivity contribution in [2.75, 3.05) is 16.8 Å². The number of pyridine rings is 2. The van der Waals surface area contributed by atoms with E-state index in [1.165, 1.54) is 0 Å². The summed E-state index contributed by atoms with van der Waals surface area (Å²) < 4.78 is 32.4. The minimum Gasteiger partial charge on any atom is -0.463 e. The van der Waals surface area contributed by atoms with Crippen LogP contribution in [0.1, 0.15) is 54.0 Å². The molecule has 0 spiro atoms. The summed E-state index contributed by atoms with van der Waals surface area (Å²) in [6.07, 6.45) is 5.86. The maximum Gasteiger partial charge on any atom is 0.255 e. The lowest BCUT2D eigenvalue weighted by molar-refractivity contribution is 0.102. The lowest BCUT2D eigenvalue weighted by Crippen LogP contribution is -2.14. The first-order valence-electron chi connectivity index (χ1n) is 14.1. The number of nitrogens with zero attached hydrogens (tertiary/aromatic N) is 4. The number of hydrogen-bond acceptors (Lipinski definition) is 8. The molecule has 0 saturated carbocycles. The Balaban J connectivity index is 0.000000871. The van der Waals surface area contributed by atoms with E-state index >= 15 is 0 Å². The molecule has 6 rings (SSSR count). The van der Waals surface area contributed by atoms with Gasteiger partial charge in [-0.2, -0.15) is 5.10 Å². The van der Waals surface area contributed by atoms with E-state index in [1.54, 1.807) is 48.5 Å². The Kier molecular flexibility index (Phi) is 10.4. The molecule has 5 aromatic rings. The fraction of sp³-hybridized carbons (Fsp3) is 0.235. The van der Waals surface area contributed by atoms with E-state index in [1.807, 2.05) is 55.5 Å². The number of anilines is 1. The summed E-state index contributed by atoms with van der Waals surface area (Å²) in [4.78, 5) is 21.8. The Morgan fingerprint density at radius 3 is 2.53 bits per heavy atom. The summed E-state index contributed by atoms with van der Waals surface area (Å²) in [5, 5.41) is 7.88. The van der Waals surface area contributed by atoms with Gasteiger partial charge in [-0.1, -0.05) is 32.2 Å². The van der Waals surface area contributed by atoms with Crippen molar-refractivity contribution in [2.24, 2.45) is 5.73 Å². The Bertz CT molecular complexity index is 1880. The molecule has 0 radical (unpaired) electrons. The molecule has 1 aliphatic heterocycles. The van der Waals surface area contributed by atoms with Gasteiger partial charge in [0.05, 0.1) is 29.5 Å². The van der Waals surface area contributed by atoms with Gasteiger partial charge in [0, 0.05) is 41.3 Å². The van der Waals surface area contributed by atoms with E-state index in [4.69, 9.17) is 15.2 Å². The van der Waals surface area contributed by atoms with Gasteiger partial charge in [0.25, 0.3) is 5.91 Å². The second-order valence-corrected chi connectivity index (χ2v) is 13.0. The van der Waals surface area contributed by atoms with Crippen LogP contribution in [-0.4, -0.2) is 45.6 Å². The summed E-state index contributed by atoms with van der Waals surface area (Å²) in [6, 6.07) is 19.9. The second-order valence-electron chi connectivity index (χ2n) is 10.7. The molecule has 0 bridgehead atoms. The Morgan fingerprint density at radius 1 is 1.09 bits per heavy atom. The van der Waals surface area contributed by atoms with Crippen LogP contribution in [0, 0.1) is 6.92 Å². The number of aromatic nitrogens is 4. The highest BCUT2D eigenvalue weighted by Gasteiger charge is 2.34. The molecule has 234 valence electrons. The minimum atomic E-state index is -3.16. The fourth-order valence-electron chi connectivity index (χ4n) is 5.11. The third-order valence-electron chi connectivity index (χ3n) is 6.95. The molecule has 5 heterocycles. The van der Waals surface area contributed by atoms with Gasteiger partial charge in [0.2, 0.25) is 0 Å². The number of benzene rings is 1. The highest BCUT2D eigenvalue weighted by atomic mass is 32.2. The minimum absolute atomic E-state index is 0. The molecular weight excluding hydrogens is 588 g/mol. The van der Waals surface area contributed by atoms with Crippen molar-refractivity contribution >= 4 is 21.4 Å². The molecule has 11 heteroatoms. The number of furan rings is 1. The normalized spacial score (nSPS) is 14.9. The zero-order chi connectivity index (χ0) is 31.3. The third kappa shape index (κ3) is 8.12. The monoisotopic (exact) mass is 626 g/mol. The Labute approximate surface area is 264 Å². The number of amides is 1. The molecule has 4 aromatic heterocycles. The lowest BCUT2D eigenvalue weighted by atomic mass is 9.98.